The van der Waals surface area contributed by atoms with Gasteiger partial charge in [-0.25, -0.2) is 0 Å². The Labute approximate surface area is 157 Å². The number of ether oxygens (including phenoxy) is 1. The molecule has 25 heavy (non-hydrogen) atoms. The number of aliphatic hydroxyl groups excluding tert-OH is 3. The van der Waals surface area contributed by atoms with Crippen LogP contribution in [0, 0.1) is 0 Å². The summed E-state index contributed by atoms with van der Waals surface area (Å²) in [6.07, 6.45) is -4.11. The third-order valence-electron chi connectivity index (χ3n) is 5.08. The first-order valence-electron chi connectivity index (χ1n) is 8.58. The van der Waals surface area contributed by atoms with Crippen LogP contribution in [0.1, 0.15) is 20.8 Å². The molecule has 0 radical (unpaired) electrons. The van der Waals surface area contributed by atoms with Crippen LogP contribution in [0.25, 0.3) is 0 Å². The molecular formula is C18H30O5SeSi. The van der Waals surface area contributed by atoms with Crippen LogP contribution >= 0.6 is 0 Å². The van der Waals surface area contributed by atoms with Gasteiger partial charge in [0.15, 0.2) is 0 Å². The molecule has 7 heteroatoms. The second kappa shape index (κ2) is 8.19. The van der Waals surface area contributed by atoms with Crippen LogP contribution in [0.2, 0.25) is 18.1 Å². The van der Waals surface area contributed by atoms with Crippen molar-refractivity contribution in [3.8, 4) is 0 Å². The van der Waals surface area contributed by atoms with Crippen LogP contribution in [-0.2, 0) is 9.16 Å². The molecule has 0 saturated carbocycles. The van der Waals surface area contributed by atoms with E-state index in [1.807, 2.05) is 30.3 Å². The van der Waals surface area contributed by atoms with Crippen molar-refractivity contribution in [2.24, 2.45) is 0 Å². The van der Waals surface area contributed by atoms with Gasteiger partial charge in [0.1, 0.15) is 0 Å². The van der Waals surface area contributed by atoms with Gasteiger partial charge in [0.25, 0.3) is 0 Å². The minimum absolute atomic E-state index is 0.0537. The minimum atomic E-state index is -1.98. The second-order valence-electron chi connectivity index (χ2n) is 8.02. The Kier molecular flexibility index (Phi) is 6.90. The summed E-state index contributed by atoms with van der Waals surface area (Å²) < 4.78 is 13.2. The van der Waals surface area contributed by atoms with Crippen molar-refractivity contribution in [1.29, 1.82) is 0 Å². The van der Waals surface area contributed by atoms with Gasteiger partial charge in [-0.3, -0.25) is 0 Å². The fraction of sp³-hybridized carbons (Fsp3) is 0.667. The van der Waals surface area contributed by atoms with Crippen LogP contribution < -0.4 is 4.46 Å². The van der Waals surface area contributed by atoms with Gasteiger partial charge in [-0.05, 0) is 0 Å². The zero-order valence-electron chi connectivity index (χ0n) is 15.5. The molecule has 1 aromatic carbocycles. The van der Waals surface area contributed by atoms with E-state index in [9.17, 15) is 15.3 Å². The van der Waals surface area contributed by atoms with Crippen LogP contribution in [0.3, 0.4) is 0 Å². The molecule has 1 heterocycles. The summed E-state index contributed by atoms with van der Waals surface area (Å²) in [6.45, 7) is 11.0. The van der Waals surface area contributed by atoms with Crippen molar-refractivity contribution in [3.05, 3.63) is 30.3 Å². The van der Waals surface area contributed by atoms with E-state index in [4.69, 9.17) is 9.16 Å². The molecule has 0 unspecified atom stereocenters. The molecule has 1 saturated heterocycles. The van der Waals surface area contributed by atoms with Gasteiger partial charge in [-0.15, -0.1) is 0 Å². The van der Waals surface area contributed by atoms with Crippen LogP contribution in [-0.4, -0.2) is 74.6 Å². The Morgan fingerprint density at radius 2 is 1.64 bits per heavy atom. The van der Waals surface area contributed by atoms with Crippen molar-refractivity contribution in [3.63, 3.8) is 0 Å². The maximum absolute atomic E-state index is 10.3. The van der Waals surface area contributed by atoms with Gasteiger partial charge in [-0.2, -0.15) is 0 Å². The maximum atomic E-state index is 10.3. The average molecular weight is 433 g/mol. The molecule has 0 spiro atoms. The van der Waals surface area contributed by atoms with Crippen molar-refractivity contribution >= 4 is 27.7 Å². The molecule has 5 atom stereocenters. The molecule has 1 fully saturated rings. The monoisotopic (exact) mass is 434 g/mol. The predicted octanol–water partition coefficient (Wildman–Crippen LogP) is 0.845. The molecule has 3 N–H and O–H groups in total. The fourth-order valence-corrected chi connectivity index (χ4v) is 5.57. The SMILES string of the molecule is CC(C)(C)[Si](C)(C)OC[C@H]1O[C@@H]([Se]c2ccccc2)[C@H](O)[C@@H](O)[C@H]1O. The zero-order valence-corrected chi connectivity index (χ0v) is 18.3. The summed E-state index contributed by atoms with van der Waals surface area (Å²) >= 11 is -0.170. The summed E-state index contributed by atoms with van der Waals surface area (Å²) in [5, 5.41) is 30.4. The summed E-state index contributed by atoms with van der Waals surface area (Å²) in [5.74, 6) is 0. The first kappa shape index (κ1) is 21.1. The van der Waals surface area contributed by atoms with Crippen molar-refractivity contribution in [2.45, 2.75) is 68.3 Å². The third-order valence-corrected chi connectivity index (χ3v) is 12.0. The van der Waals surface area contributed by atoms with Crippen LogP contribution in [0.5, 0.6) is 0 Å². The van der Waals surface area contributed by atoms with E-state index in [2.05, 4.69) is 33.9 Å². The summed E-state index contributed by atoms with van der Waals surface area (Å²) in [7, 11) is -1.98. The number of hydrogen-bond acceptors (Lipinski definition) is 5. The molecule has 0 bridgehead atoms. The van der Waals surface area contributed by atoms with E-state index in [1.54, 1.807) is 0 Å². The molecule has 1 aromatic rings. The van der Waals surface area contributed by atoms with E-state index in [0.29, 0.717) is 0 Å². The molecule has 0 aliphatic carbocycles. The standard InChI is InChI=1S/C18H30O5SeSi/c1-18(2,3)25(4,5)22-11-13-14(19)15(20)16(21)17(23-13)24-12-9-7-6-8-10-12/h6-10,13-17,19-21H,11H2,1-5H3/t13-,14+,15+,16-,17+/m1/s1. The summed E-state index contributed by atoms with van der Waals surface area (Å²) in [5.41, 5.74) is 0. The van der Waals surface area contributed by atoms with Gasteiger partial charge in [0.05, 0.1) is 0 Å². The van der Waals surface area contributed by atoms with E-state index >= 15 is 0 Å². The van der Waals surface area contributed by atoms with Gasteiger partial charge in [0.2, 0.25) is 0 Å². The molecule has 0 amide bonds. The Morgan fingerprint density at radius 3 is 2.20 bits per heavy atom. The van der Waals surface area contributed by atoms with Crippen LogP contribution in [0.15, 0.2) is 30.3 Å². The quantitative estimate of drug-likeness (QED) is 0.600. The average Bonchev–Trinajstić information content (AvgIpc) is 2.54. The Bertz CT molecular complexity index is 548. The number of rotatable bonds is 5. The first-order chi connectivity index (χ1) is 11.5. The van der Waals surface area contributed by atoms with Gasteiger partial charge in [-0.1, -0.05) is 0 Å². The second-order valence-corrected chi connectivity index (χ2v) is 15.3. The summed E-state index contributed by atoms with van der Waals surface area (Å²) in [4.78, 5) is 0. The molecule has 142 valence electrons. The van der Waals surface area contributed by atoms with Crippen molar-refractivity contribution < 1.29 is 24.5 Å². The van der Waals surface area contributed by atoms with Crippen LogP contribution in [0.4, 0.5) is 0 Å². The third kappa shape index (κ3) is 5.14. The van der Waals surface area contributed by atoms with Gasteiger partial charge >= 0.3 is 157 Å². The van der Waals surface area contributed by atoms with E-state index in [0.717, 1.165) is 4.46 Å². The number of benzene rings is 1. The Balaban J connectivity index is 2.05. The predicted molar refractivity (Wildman–Crippen MR) is 102 cm³/mol. The van der Waals surface area contributed by atoms with Gasteiger partial charge < -0.3 is 0 Å². The normalized spacial score (nSPS) is 31.1. The first-order valence-corrected chi connectivity index (χ1v) is 13.3. The Hall–Kier alpha value is -0.244. The van der Waals surface area contributed by atoms with Gasteiger partial charge in [0, 0.05) is 0 Å². The summed E-state index contributed by atoms with van der Waals surface area (Å²) in [6, 6.07) is 9.78. The molecule has 1 aliphatic heterocycles. The van der Waals surface area contributed by atoms with Crippen molar-refractivity contribution in [1.82, 2.24) is 0 Å². The number of hydrogen-bond donors (Lipinski definition) is 3. The van der Waals surface area contributed by atoms with Crippen molar-refractivity contribution in [2.75, 3.05) is 6.61 Å². The molecule has 0 aromatic heterocycles. The van der Waals surface area contributed by atoms with E-state index in [1.165, 1.54) is 0 Å². The zero-order chi connectivity index (χ0) is 18.8. The molecule has 2 rings (SSSR count). The molecule has 1 aliphatic rings. The topological polar surface area (TPSA) is 79.2 Å². The fourth-order valence-electron chi connectivity index (χ4n) is 2.29. The Morgan fingerprint density at radius 1 is 1.04 bits per heavy atom. The van der Waals surface area contributed by atoms with E-state index in [-0.39, 0.29) is 26.6 Å². The van der Waals surface area contributed by atoms with E-state index < -0.39 is 37.7 Å². The molecular weight excluding hydrogens is 403 g/mol. The molecule has 5 nitrogen and oxygen atoms in total. The number of aliphatic hydroxyl groups is 3.